The Morgan fingerprint density at radius 3 is 2.55 bits per heavy atom. The van der Waals surface area contributed by atoms with Gasteiger partial charge in [0.25, 0.3) is 0 Å². The lowest BCUT2D eigenvalue weighted by Gasteiger charge is -2.07. The number of benzene rings is 2. The van der Waals surface area contributed by atoms with E-state index in [2.05, 4.69) is 0 Å². The van der Waals surface area contributed by atoms with Crippen molar-refractivity contribution in [3.05, 3.63) is 77.6 Å². The second kappa shape index (κ2) is 8.03. The number of carbonyl (C=O) groups excluding carboxylic acids is 1. The summed E-state index contributed by atoms with van der Waals surface area (Å²) in [6.45, 7) is 1.99. The highest BCUT2D eigenvalue weighted by Crippen LogP contribution is 2.16. The highest BCUT2D eigenvalue weighted by Gasteiger charge is 2.10. The van der Waals surface area contributed by atoms with Gasteiger partial charge in [-0.1, -0.05) is 42.5 Å². The van der Waals surface area contributed by atoms with E-state index >= 15 is 0 Å². The average Bonchev–Trinajstić information content (AvgIpc) is 2.55. The van der Waals surface area contributed by atoms with Crippen LogP contribution in [0.2, 0.25) is 0 Å². The molecule has 0 heterocycles. The van der Waals surface area contributed by atoms with E-state index < -0.39 is 0 Å². The minimum atomic E-state index is -0.358. The second-order valence-electron chi connectivity index (χ2n) is 5.05. The van der Waals surface area contributed by atoms with Crippen molar-refractivity contribution in [2.45, 2.75) is 19.8 Å². The Morgan fingerprint density at radius 2 is 1.86 bits per heavy atom. The van der Waals surface area contributed by atoms with Crippen LogP contribution < -0.4 is 4.74 Å². The van der Waals surface area contributed by atoms with E-state index in [9.17, 15) is 4.79 Å². The molecular formula is C19H20O3. The Labute approximate surface area is 131 Å². The van der Waals surface area contributed by atoms with E-state index in [0.29, 0.717) is 17.7 Å². The van der Waals surface area contributed by atoms with Crippen molar-refractivity contribution in [1.82, 2.24) is 0 Å². The van der Waals surface area contributed by atoms with Gasteiger partial charge in [0.1, 0.15) is 12.0 Å². The summed E-state index contributed by atoms with van der Waals surface area (Å²) in [5, 5.41) is 0. The fourth-order valence-electron chi connectivity index (χ4n) is 2.09. The molecule has 2 aromatic carbocycles. The molecule has 0 radical (unpaired) electrons. The first-order valence-corrected chi connectivity index (χ1v) is 7.23. The highest BCUT2D eigenvalue weighted by molar-refractivity contribution is 5.88. The number of hydrogen-bond acceptors (Lipinski definition) is 3. The van der Waals surface area contributed by atoms with Crippen LogP contribution in [0.4, 0.5) is 0 Å². The number of carbonyl (C=O) groups is 1. The van der Waals surface area contributed by atoms with Crippen LogP contribution in [0.1, 0.15) is 17.5 Å². The quantitative estimate of drug-likeness (QED) is 0.458. The average molecular weight is 296 g/mol. The van der Waals surface area contributed by atoms with Crippen LogP contribution in [0, 0.1) is 6.92 Å². The topological polar surface area (TPSA) is 35.5 Å². The predicted octanol–water partition coefficient (Wildman–Crippen LogP) is 4.06. The van der Waals surface area contributed by atoms with Crippen molar-refractivity contribution in [2.75, 3.05) is 7.11 Å². The van der Waals surface area contributed by atoms with Gasteiger partial charge in [-0.2, -0.15) is 0 Å². The van der Waals surface area contributed by atoms with Crippen molar-refractivity contribution in [3.63, 3.8) is 0 Å². The molecular weight excluding hydrogens is 276 g/mol. The summed E-state index contributed by atoms with van der Waals surface area (Å²) in [7, 11) is 1.38. The second-order valence-corrected chi connectivity index (χ2v) is 5.05. The van der Waals surface area contributed by atoms with Crippen LogP contribution in [0.5, 0.6) is 5.75 Å². The van der Waals surface area contributed by atoms with E-state index in [1.165, 1.54) is 18.9 Å². The van der Waals surface area contributed by atoms with Gasteiger partial charge in [0.05, 0.1) is 12.7 Å². The van der Waals surface area contributed by atoms with E-state index in [0.717, 1.165) is 12.0 Å². The van der Waals surface area contributed by atoms with E-state index in [1.54, 1.807) is 0 Å². The Kier molecular flexibility index (Phi) is 5.78. The summed E-state index contributed by atoms with van der Waals surface area (Å²) in [5.74, 6) is 0.352. The van der Waals surface area contributed by atoms with Crippen LogP contribution >= 0.6 is 0 Å². The van der Waals surface area contributed by atoms with Crippen LogP contribution in [-0.4, -0.2) is 13.1 Å². The monoisotopic (exact) mass is 296 g/mol. The number of hydrogen-bond donors (Lipinski definition) is 0. The van der Waals surface area contributed by atoms with Gasteiger partial charge in [0.15, 0.2) is 0 Å². The number of ether oxygens (including phenoxy) is 2. The lowest BCUT2D eigenvalue weighted by Crippen LogP contribution is -2.07. The molecule has 0 spiro atoms. The third kappa shape index (κ3) is 4.77. The van der Waals surface area contributed by atoms with Crippen molar-refractivity contribution in [1.29, 1.82) is 0 Å². The summed E-state index contributed by atoms with van der Waals surface area (Å²) in [4.78, 5) is 11.9. The van der Waals surface area contributed by atoms with Crippen LogP contribution in [-0.2, 0) is 16.0 Å². The first-order valence-electron chi connectivity index (χ1n) is 7.23. The predicted molar refractivity (Wildman–Crippen MR) is 86.7 cm³/mol. The highest BCUT2D eigenvalue weighted by atomic mass is 16.5. The molecule has 0 atom stereocenters. The molecule has 0 bridgehead atoms. The maximum Gasteiger partial charge on any atom is 0.336 e. The summed E-state index contributed by atoms with van der Waals surface area (Å²) in [6.07, 6.45) is 2.82. The van der Waals surface area contributed by atoms with Gasteiger partial charge in [0, 0.05) is 0 Å². The van der Waals surface area contributed by atoms with Crippen molar-refractivity contribution in [3.8, 4) is 5.75 Å². The smallest absolute Gasteiger partial charge is 0.336 e. The fourth-order valence-corrected chi connectivity index (χ4v) is 2.09. The molecule has 0 aliphatic heterocycles. The maximum atomic E-state index is 11.9. The lowest BCUT2D eigenvalue weighted by atomic mass is 10.1. The molecule has 0 unspecified atom stereocenters. The van der Waals surface area contributed by atoms with Crippen LogP contribution in [0.25, 0.3) is 0 Å². The third-order valence-corrected chi connectivity index (χ3v) is 3.30. The van der Waals surface area contributed by atoms with E-state index in [-0.39, 0.29) is 5.97 Å². The molecule has 0 saturated carbocycles. The largest absolute Gasteiger partial charge is 0.466 e. The molecule has 2 rings (SSSR count). The van der Waals surface area contributed by atoms with Crippen molar-refractivity contribution in [2.24, 2.45) is 0 Å². The molecule has 22 heavy (non-hydrogen) atoms. The minimum Gasteiger partial charge on any atom is -0.466 e. The molecule has 0 aromatic heterocycles. The molecule has 2 aromatic rings. The van der Waals surface area contributed by atoms with Gasteiger partial charge >= 0.3 is 5.97 Å². The van der Waals surface area contributed by atoms with E-state index in [1.807, 2.05) is 61.5 Å². The first kappa shape index (κ1) is 15.8. The van der Waals surface area contributed by atoms with Gasteiger partial charge in [-0.3, -0.25) is 0 Å². The Balaban J connectivity index is 2.05. The lowest BCUT2D eigenvalue weighted by molar-refractivity contribution is -0.136. The fraction of sp³-hybridized carbons (Fsp3) is 0.211. The number of methoxy groups -OCH3 is 1. The molecule has 0 saturated heterocycles. The molecule has 3 nitrogen and oxygen atoms in total. The molecule has 114 valence electrons. The van der Waals surface area contributed by atoms with Gasteiger partial charge < -0.3 is 9.47 Å². The van der Waals surface area contributed by atoms with Crippen molar-refractivity contribution < 1.29 is 14.3 Å². The Bertz CT molecular complexity index is 645. The zero-order valence-corrected chi connectivity index (χ0v) is 12.9. The summed E-state index contributed by atoms with van der Waals surface area (Å²) in [6, 6.07) is 17.7. The molecule has 3 heteroatoms. The minimum absolute atomic E-state index is 0.358. The number of rotatable bonds is 6. The zero-order valence-electron chi connectivity index (χ0n) is 12.9. The molecule has 0 fully saturated rings. The zero-order chi connectivity index (χ0) is 15.8. The summed E-state index contributed by atoms with van der Waals surface area (Å²) < 4.78 is 10.4. The normalized spacial score (nSPS) is 11.1. The van der Waals surface area contributed by atoms with Crippen LogP contribution in [0.3, 0.4) is 0 Å². The summed E-state index contributed by atoms with van der Waals surface area (Å²) in [5.41, 5.74) is 2.80. The Hall–Kier alpha value is -2.55. The van der Waals surface area contributed by atoms with Gasteiger partial charge in [0.2, 0.25) is 0 Å². The molecule has 0 aliphatic carbocycles. The van der Waals surface area contributed by atoms with Gasteiger partial charge in [-0.25, -0.2) is 4.79 Å². The molecule has 0 N–H and O–H groups in total. The number of esters is 1. The maximum absolute atomic E-state index is 11.9. The van der Waals surface area contributed by atoms with Crippen LogP contribution in [0.15, 0.2) is 66.4 Å². The Morgan fingerprint density at radius 1 is 1.09 bits per heavy atom. The SMILES string of the molecule is COC(=O)/C(=C/Oc1cccc(C)c1)CCc1ccccc1. The number of aryl methyl sites for hydroxylation is 2. The third-order valence-electron chi connectivity index (χ3n) is 3.30. The van der Waals surface area contributed by atoms with E-state index in [4.69, 9.17) is 9.47 Å². The summed E-state index contributed by atoms with van der Waals surface area (Å²) >= 11 is 0. The van der Waals surface area contributed by atoms with Crippen molar-refractivity contribution >= 4 is 5.97 Å². The van der Waals surface area contributed by atoms with Gasteiger partial charge in [-0.05, 0) is 43.0 Å². The standard InChI is InChI=1S/C19H20O3/c1-15-7-6-10-18(13-15)22-14-17(19(20)21-2)12-11-16-8-4-3-5-9-16/h3-10,13-14H,11-12H2,1-2H3/b17-14+. The molecule has 0 aliphatic rings. The first-order chi connectivity index (χ1) is 10.7. The van der Waals surface area contributed by atoms with Gasteiger partial charge in [-0.15, -0.1) is 0 Å². The molecule has 0 amide bonds.